The van der Waals surface area contributed by atoms with Crippen molar-refractivity contribution >= 4 is 38.5 Å². The second kappa shape index (κ2) is 14.1. The fraction of sp³-hybridized carbons (Fsp3) is 0.343. The van der Waals surface area contributed by atoms with Crippen molar-refractivity contribution in [3.05, 3.63) is 83.8 Å². The van der Waals surface area contributed by atoms with E-state index in [-0.39, 0.29) is 48.1 Å². The largest absolute Gasteiger partial charge is 0.444 e. The van der Waals surface area contributed by atoms with Gasteiger partial charge in [-0.25, -0.2) is 36.9 Å². The molecule has 0 aliphatic carbocycles. The molecule has 2 atom stereocenters. The number of nitrogens with zero attached hydrogens (tertiary/aromatic N) is 5. The molecule has 13 nitrogen and oxygen atoms in total. The lowest BCUT2D eigenvalue weighted by molar-refractivity contribution is 0.0124. The first-order valence-electron chi connectivity index (χ1n) is 16.1. The minimum Gasteiger partial charge on any atom is -0.444 e. The van der Waals surface area contributed by atoms with Gasteiger partial charge < -0.3 is 24.2 Å². The van der Waals surface area contributed by atoms with Crippen molar-refractivity contribution in [1.82, 2.24) is 25.0 Å². The van der Waals surface area contributed by atoms with Crippen LogP contribution in [-0.2, 0) is 20.5 Å². The van der Waals surface area contributed by atoms with Crippen LogP contribution in [0.25, 0.3) is 22.0 Å². The summed E-state index contributed by atoms with van der Waals surface area (Å²) in [5.74, 6) is -0.139. The predicted molar refractivity (Wildman–Crippen MR) is 186 cm³/mol. The van der Waals surface area contributed by atoms with Gasteiger partial charge in [0.2, 0.25) is 21.9 Å². The Morgan fingerprint density at radius 3 is 2.59 bits per heavy atom. The zero-order valence-electron chi connectivity index (χ0n) is 28.6. The van der Waals surface area contributed by atoms with Gasteiger partial charge in [-0.2, -0.15) is 0 Å². The highest BCUT2D eigenvalue weighted by Crippen LogP contribution is 2.40. The summed E-state index contributed by atoms with van der Waals surface area (Å²) in [6.07, 6.45) is 1.36. The fourth-order valence-electron chi connectivity index (χ4n) is 5.71. The molecule has 2 unspecified atom stereocenters. The highest BCUT2D eigenvalue weighted by atomic mass is 32.2. The van der Waals surface area contributed by atoms with Crippen molar-refractivity contribution in [2.75, 3.05) is 23.1 Å². The van der Waals surface area contributed by atoms with Gasteiger partial charge in [-0.1, -0.05) is 17.3 Å². The van der Waals surface area contributed by atoms with E-state index in [1.54, 1.807) is 71.1 Å². The molecule has 6 rings (SSSR count). The van der Waals surface area contributed by atoms with E-state index in [1.165, 1.54) is 23.2 Å². The summed E-state index contributed by atoms with van der Waals surface area (Å²) in [7, 11) is -4.08. The molecule has 16 heteroatoms. The highest BCUT2D eigenvalue weighted by Gasteiger charge is 2.33. The Hall–Kier alpha value is -5.38. The number of likely N-dealkylation sites (tertiary alicyclic amines) is 1. The van der Waals surface area contributed by atoms with Crippen LogP contribution in [0, 0.1) is 19.7 Å². The van der Waals surface area contributed by atoms with Gasteiger partial charge in [-0.3, -0.25) is 4.72 Å². The predicted octanol–water partition coefficient (Wildman–Crippen LogP) is 6.93. The molecule has 0 spiro atoms. The lowest BCUT2D eigenvalue weighted by atomic mass is 10.0. The first-order chi connectivity index (χ1) is 24.1. The summed E-state index contributed by atoms with van der Waals surface area (Å²) < 4.78 is 75.2. The smallest absolute Gasteiger partial charge is 0.410 e. The number of hydrogen-bond acceptors (Lipinski definition) is 11. The second-order valence-corrected chi connectivity index (χ2v) is 15.0. The van der Waals surface area contributed by atoms with Crippen molar-refractivity contribution in [1.29, 1.82) is 0 Å². The number of hydrogen-bond donors (Lipinski definition) is 2. The van der Waals surface area contributed by atoms with E-state index < -0.39 is 45.5 Å². The second-order valence-electron chi connectivity index (χ2n) is 13.3. The maximum absolute atomic E-state index is 15.2. The molecule has 0 bridgehead atoms. The highest BCUT2D eigenvalue weighted by molar-refractivity contribution is 7.91. The molecule has 2 N–H and O–H groups in total. The molecule has 3 aromatic heterocycles. The average molecular weight is 722 g/mol. The van der Waals surface area contributed by atoms with Gasteiger partial charge in [0.15, 0.2) is 0 Å². The summed E-state index contributed by atoms with van der Waals surface area (Å²) in [6.45, 7) is 8.82. The molecule has 1 amide bonds. The zero-order chi connectivity index (χ0) is 36.5. The molecular formula is C35H37F2N7O6S. The lowest BCUT2D eigenvalue weighted by Crippen LogP contribution is -2.51. The van der Waals surface area contributed by atoms with Gasteiger partial charge >= 0.3 is 6.09 Å². The third kappa shape index (κ3) is 8.51. The Kier molecular flexibility index (Phi) is 9.79. The van der Waals surface area contributed by atoms with E-state index in [0.29, 0.717) is 33.7 Å². The van der Waals surface area contributed by atoms with Crippen molar-refractivity contribution in [3.8, 4) is 22.9 Å². The lowest BCUT2D eigenvalue weighted by Gasteiger charge is -2.36. The summed E-state index contributed by atoms with van der Waals surface area (Å²) in [4.78, 5) is 27.4. The number of benzene rings is 2. The monoisotopic (exact) mass is 721 g/mol. The quantitative estimate of drug-likeness (QED) is 0.162. The van der Waals surface area contributed by atoms with E-state index in [0.717, 1.165) is 6.07 Å². The maximum atomic E-state index is 15.2. The molecule has 4 heterocycles. The van der Waals surface area contributed by atoms with E-state index in [9.17, 15) is 17.6 Å². The van der Waals surface area contributed by atoms with Crippen LogP contribution in [0.5, 0.6) is 11.6 Å². The normalized spacial score (nSPS) is 16.6. The number of piperidine rings is 1. The van der Waals surface area contributed by atoms with Crippen LogP contribution in [-0.4, -0.2) is 70.4 Å². The third-order valence-corrected chi connectivity index (χ3v) is 9.05. The van der Waals surface area contributed by atoms with Crippen molar-refractivity contribution in [2.45, 2.75) is 64.6 Å². The Morgan fingerprint density at radius 1 is 1.06 bits per heavy atom. The van der Waals surface area contributed by atoms with E-state index >= 15 is 4.39 Å². The van der Waals surface area contributed by atoms with Crippen LogP contribution < -0.4 is 14.8 Å². The van der Waals surface area contributed by atoms with Crippen LogP contribution in [0.1, 0.15) is 44.2 Å². The number of amides is 1. The van der Waals surface area contributed by atoms with Gasteiger partial charge in [-0.05, 0) is 70.5 Å². The molecule has 1 saturated heterocycles. The van der Waals surface area contributed by atoms with Crippen molar-refractivity contribution in [3.63, 3.8) is 0 Å². The maximum Gasteiger partial charge on any atom is 0.410 e. The number of halogens is 2. The first kappa shape index (κ1) is 35.4. The summed E-state index contributed by atoms with van der Waals surface area (Å²) in [6, 6.07) is 12.1. The van der Waals surface area contributed by atoms with Gasteiger partial charge in [0.25, 0.3) is 0 Å². The number of pyridine rings is 1. The number of alkyl halides is 1. The molecule has 5 aromatic rings. The average Bonchev–Trinajstić information content (AvgIpc) is 3.46. The first-order valence-corrected chi connectivity index (χ1v) is 17.8. The number of carbonyl (C=O) groups is 1. The van der Waals surface area contributed by atoms with Crippen LogP contribution in [0.3, 0.4) is 0 Å². The van der Waals surface area contributed by atoms with Crippen LogP contribution in [0.4, 0.5) is 25.2 Å². The molecule has 0 saturated carbocycles. The number of aryl methyl sites for hydroxylation is 2. The molecule has 1 fully saturated rings. The van der Waals surface area contributed by atoms with E-state index in [2.05, 4.69) is 30.1 Å². The number of fused-ring (bicyclic) bond motifs is 1. The van der Waals surface area contributed by atoms with Crippen molar-refractivity contribution in [2.24, 2.45) is 0 Å². The number of rotatable bonds is 9. The van der Waals surface area contributed by atoms with Gasteiger partial charge in [0, 0.05) is 48.2 Å². The van der Waals surface area contributed by atoms with Crippen LogP contribution >= 0.6 is 0 Å². The number of carbonyl (C=O) groups excluding carboxylic acids is 1. The number of sulfonamides is 1. The topological polar surface area (TPSA) is 162 Å². The third-order valence-electron chi connectivity index (χ3n) is 7.86. The van der Waals surface area contributed by atoms with Gasteiger partial charge in [-0.15, -0.1) is 0 Å². The van der Waals surface area contributed by atoms with Crippen LogP contribution in [0.15, 0.2) is 65.4 Å². The summed E-state index contributed by atoms with van der Waals surface area (Å²) in [5.41, 5.74) is 0.826. The fourth-order valence-corrected chi connectivity index (χ4v) is 6.83. The summed E-state index contributed by atoms with van der Waals surface area (Å²) >= 11 is 0. The molecular weight excluding hydrogens is 684 g/mol. The SMILES string of the molecule is Cc1cc(CS(=O)(=O)Nc2c(F)ccc3c(Oc4ncccc4-c4ccnc(NC5CC(F)CN(C(=O)OC(C)(C)C)C5)n4)c(C)ccc23)no1. The summed E-state index contributed by atoms with van der Waals surface area (Å²) in [5, 5.41) is 7.57. The Morgan fingerprint density at radius 2 is 1.84 bits per heavy atom. The number of aromatic nitrogens is 4. The Balaban J connectivity index is 1.26. The number of anilines is 2. The van der Waals surface area contributed by atoms with Gasteiger partial charge in [0.1, 0.15) is 40.5 Å². The molecule has 1 aliphatic rings. The molecule has 268 valence electrons. The molecule has 1 aliphatic heterocycles. The standard InChI is InChI=1S/C35H37F2N7O6S/c1-20-8-9-25-26(10-11-28(37)30(25)43-51(46,47)19-24-15-21(2)50-42-24)31(20)48-32-27(7-6-13-38-32)29-12-14-39-33(41-29)40-23-16-22(36)17-44(18-23)34(45)49-35(3,4)5/h6-15,22-23,43H,16-19H2,1-5H3,(H,39,40,41). The van der Waals surface area contributed by atoms with Gasteiger partial charge in [0.05, 0.1) is 23.5 Å². The minimum atomic E-state index is -4.08. The Bertz CT molecular complexity index is 2190. The van der Waals surface area contributed by atoms with E-state index in [1.807, 2.05) is 0 Å². The Labute approximate surface area is 293 Å². The number of ether oxygens (including phenoxy) is 2. The zero-order valence-corrected chi connectivity index (χ0v) is 29.4. The van der Waals surface area contributed by atoms with Crippen molar-refractivity contribution < 1.29 is 36.0 Å². The molecule has 2 aromatic carbocycles. The number of nitrogens with one attached hydrogen (secondary N) is 2. The molecule has 0 radical (unpaired) electrons. The van der Waals surface area contributed by atoms with Crippen LogP contribution in [0.2, 0.25) is 0 Å². The molecule has 51 heavy (non-hydrogen) atoms. The minimum absolute atomic E-state index is 0.0690. The van der Waals surface area contributed by atoms with E-state index in [4.69, 9.17) is 14.0 Å².